The van der Waals surface area contributed by atoms with Crippen molar-refractivity contribution < 1.29 is 19.1 Å². The van der Waals surface area contributed by atoms with Crippen LogP contribution in [0.2, 0.25) is 0 Å². The molecule has 2 aromatic carbocycles. The summed E-state index contributed by atoms with van der Waals surface area (Å²) in [5.41, 5.74) is 4.14. The lowest BCUT2D eigenvalue weighted by molar-refractivity contribution is -0.136. The summed E-state index contributed by atoms with van der Waals surface area (Å²) < 4.78 is 12.1. The highest BCUT2D eigenvalue weighted by Gasteiger charge is 2.40. The number of amides is 2. The van der Waals surface area contributed by atoms with Gasteiger partial charge in [0, 0.05) is 93.0 Å². The number of rotatable bonds is 3. The molecule has 0 N–H and O–H groups in total. The summed E-state index contributed by atoms with van der Waals surface area (Å²) in [5, 5.41) is 10.6. The molecular formula is C37H45N7O4. The highest BCUT2D eigenvalue weighted by molar-refractivity contribution is 5.95. The van der Waals surface area contributed by atoms with Gasteiger partial charge in [0.1, 0.15) is 30.1 Å². The first kappa shape index (κ1) is 32.0. The van der Waals surface area contributed by atoms with Crippen molar-refractivity contribution in [2.24, 2.45) is 0 Å². The summed E-state index contributed by atoms with van der Waals surface area (Å²) in [6.45, 7) is 14.1. The summed E-state index contributed by atoms with van der Waals surface area (Å²) in [4.78, 5) is 41.6. The highest BCUT2D eigenvalue weighted by atomic mass is 16.6. The van der Waals surface area contributed by atoms with Crippen molar-refractivity contribution in [3.63, 3.8) is 0 Å². The molecule has 3 saturated heterocycles. The van der Waals surface area contributed by atoms with Crippen LogP contribution in [0.15, 0.2) is 48.7 Å². The van der Waals surface area contributed by atoms with Gasteiger partial charge in [-0.15, -0.1) is 0 Å². The lowest BCUT2D eigenvalue weighted by atomic mass is 10.0. The van der Waals surface area contributed by atoms with Crippen molar-refractivity contribution in [2.75, 3.05) is 62.2 Å². The second-order valence-electron chi connectivity index (χ2n) is 14.5. The van der Waals surface area contributed by atoms with E-state index in [2.05, 4.69) is 63.0 Å². The molecule has 3 aromatic rings. The molecule has 11 nitrogen and oxygen atoms in total. The molecule has 0 bridgehead atoms. The van der Waals surface area contributed by atoms with E-state index in [4.69, 9.17) is 9.47 Å². The third kappa shape index (κ3) is 6.21. The molecule has 3 atom stereocenters. The fourth-order valence-electron chi connectivity index (χ4n) is 7.72. The lowest BCUT2D eigenvalue weighted by Gasteiger charge is -2.45. The Bertz CT molecular complexity index is 1740. The summed E-state index contributed by atoms with van der Waals surface area (Å²) in [7, 11) is 0. The number of ether oxygens (including phenoxy) is 2. The van der Waals surface area contributed by atoms with Crippen molar-refractivity contribution >= 4 is 34.3 Å². The largest absolute Gasteiger partial charge is 0.491 e. The van der Waals surface area contributed by atoms with Crippen LogP contribution in [-0.2, 0) is 16.1 Å². The minimum atomic E-state index is -0.593. The maximum atomic E-state index is 13.5. The van der Waals surface area contributed by atoms with Gasteiger partial charge >= 0.3 is 6.09 Å². The minimum absolute atomic E-state index is 0.0216. The number of nitriles is 1. The van der Waals surface area contributed by atoms with Crippen LogP contribution in [0.3, 0.4) is 0 Å². The third-order valence-electron chi connectivity index (χ3n) is 10.1. The Labute approximate surface area is 282 Å². The van der Waals surface area contributed by atoms with Crippen LogP contribution in [0.25, 0.3) is 10.9 Å². The smallest absolute Gasteiger partial charge is 0.410 e. The topological polar surface area (TPSA) is 105 Å². The zero-order chi connectivity index (χ0) is 33.6. The Morgan fingerprint density at radius 1 is 1.02 bits per heavy atom. The number of nitrogens with zero attached hydrogens (tertiary/aromatic N) is 7. The number of carbonyl (C=O) groups is 2. The van der Waals surface area contributed by atoms with Crippen LogP contribution in [0, 0.1) is 11.3 Å². The molecule has 0 spiro atoms. The number of aromatic nitrogens is 1. The van der Waals surface area contributed by atoms with Crippen molar-refractivity contribution in [1.82, 2.24) is 19.7 Å². The molecule has 0 saturated carbocycles. The number of pyridine rings is 1. The molecule has 7 rings (SSSR count). The predicted octanol–water partition coefficient (Wildman–Crippen LogP) is 4.63. The van der Waals surface area contributed by atoms with Gasteiger partial charge in [-0.25, -0.2) is 4.79 Å². The lowest BCUT2D eigenvalue weighted by Crippen LogP contribution is -2.58. The molecule has 48 heavy (non-hydrogen) atoms. The first-order valence-corrected chi connectivity index (χ1v) is 17.2. The number of carbonyl (C=O) groups excluding carboxylic acids is 2. The van der Waals surface area contributed by atoms with Crippen LogP contribution in [0.4, 0.5) is 16.2 Å². The van der Waals surface area contributed by atoms with Gasteiger partial charge in [0.05, 0.1) is 17.1 Å². The van der Waals surface area contributed by atoms with Crippen molar-refractivity contribution in [3.05, 3.63) is 59.8 Å². The molecule has 0 radical (unpaired) electrons. The zero-order valence-corrected chi connectivity index (χ0v) is 28.4. The van der Waals surface area contributed by atoms with E-state index in [0.29, 0.717) is 44.3 Å². The second kappa shape index (κ2) is 12.8. The predicted molar refractivity (Wildman–Crippen MR) is 184 cm³/mol. The normalized spacial score (nSPS) is 23.2. The van der Waals surface area contributed by atoms with Gasteiger partial charge in [-0.05, 0) is 70.9 Å². The summed E-state index contributed by atoms with van der Waals surface area (Å²) in [5.74, 6) is 0.944. The Morgan fingerprint density at radius 2 is 1.83 bits per heavy atom. The number of fused-ring (bicyclic) bond motifs is 3. The Balaban J connectivity index is 0.997. The SMILES string of the molecule is C[C@@H]1CN(c2ccc(C#N)c3ncccc23)C[C@@H]2COc3cc(N4CCN(C(=O)[C@@H]5CCCN5C(=O)OC(C)(C)C)CC4)ccc3CN21. The molecule has 252 valence electrons. The fourth-order valence-corrected chi connectivity index (χ4v) is 7.72. The van der Waals surface area contributed by atoms with Gasteiger partial charge in [-0.3, -0.25) is 19.6 Å². The molecule has 2 amide bonds. The van der Waals surface area contributed by atoms with Crippen LogP contribution in [0.1, 0.15) is 51.7 Å². The van der Waals surface area contributed by atoms with Crippen LogP contribution in [0.5, 0.6) is 5.75 Å². The first-order chi connectivity index (χ1) is 23.1. The molecule has 4 aliphatic heterocycles. The quantitative estimate of drug-likeness (QED) is 0.401. The van der Waals surface area contributed by atoms with Gasteiger partial charge in [-0.1, -0.05) is 6.07 Å². The summed E-state index contributed by atoms with van der Waals surface area (Å²) in [6, 6.07) is 16.8. The fraction of sp³-hybridized carbons (Fsp3) is 0.514. The number of hydrogen-bond donors (Lipinski definition) is 0. The molecule has 4 aliphatic rings. The second-order valence-corrected chi connectivity index (χ2v) is 14.5. The van der Waals surface area contributed by atoms with Crippen molar-refractivity contribution in [2.45, 2.75) is 70.8 Å². The molecule has 0 aliphatic carbocycles. The molecule has 5 heterocycles. The van der Waals surface area contributed by atoms with E-state index in [9.17, 15) is 14.9 Å². The maximum absolute atomic E-state index is 13.5. The zero-order valence-electron chi connectivity index (χ0n) is 28.4. The van der Waals surface area contributed by atoms with E-state index in [0.717, 1.165) is 67.2 Å². The van der Waals surface area contributed by atoms with E-state index < -0.39 is 17.7 Å². The third-order valence-corrected chi connectivity index (χ3v) is 10.1. The van der Waals surface area contributed by atoms with E-state index >= 15 is 0 Å². The molecule has 11 heteroatoms. The van der Waals surface area contributed by atoms with Gasteiger partial charge in [0.25, 0.3) is 0 Å². The number of piperazine rings is 2. The van der Waals surface area contributed by atoms with Crippen LogP contribution >= 0.6 is 0 Å². The first-order valence-electron chi connectivity index (χ1n) is 17.2. The molecular weight excluding hydrogens is 606 g/mol. The minimum Gasteiger partial charge on any atom is -0.491 e. The average molecular weight is 652 g/mol. The summed E-state index contributed by atoms with van der Waals surface area (Å²) >= 11 is 0. The number of benzene rings is 2. The molecule has 3 fully saturated rings. The highest BCUT2D eigenvalue weighted by Crippen LogP contribution is 2.36. The van der Waals surface area contributed by atoms with E-state index in [1.54, 1.807) is 11.1 Å². The van der Waals surface area contributed by atoms with Crippen LogP contribution < -0.4 is 14.5 Å². The van der Waals surface area contributed by atoms with E-state index in [-0.39, 0.29) is 11.9 Å². The molecule has 0 unspecified atom stereocenters. The van der Waals surface area contributed by atoms with Crippen LogP contribution in [-0.4, -0.2) is 108 Å². The van der Waals surface area contributed by atoms with E-state index in [1.807, 2.05) is 37.8 Å². The average Bonchev–Trinajstić information content (AvgIpc) is 3.50. The van der Waals surface area contributed by atoms with Gasteiger partial charge in [0.2, 0.25) is 5.91 Å². The monoisotopic (exact) mass is 651 g/mol. The Hall–Kier alpha value is -4.56. The maximum Gasteiger partial charge on any atom is 0.410 e. The van der Waals surface area contributed by atoms with Gasteiger partial charge in [-0.2, -0.15) is 5.26 Å². The van der Waals surface area contributed by atoms with Gasteiger partial charge < -0.3 is 24.2 Å². The number of likely N-dealkylation sites (tertiary alicyclic amines) is 1. The summed E-state index contributed by atoms with van der Waals surface area (Å²) in [6.07, 6.45) is 2.83. The van der Waals surface area contributed by atoms with Crippen molar-refractivity contribution in [3.8, 4) is 11.8 Å². The molecule has 1 aromatic heterocycles. The number of anilines is 2. The van der Waals surface area contributed by atoms with Crippen molar-refractivity contribution in [1.29, 1.82) is 5.26 Å². The Morgan fingerprint density at radius 3 is 2.60 bits per heavy atom. The number of hydrogen-bond acceptors (Lipinski definition) is 9. The van der Waals surface area contributed by atoms with E-state index in [1.165, 1.54) is 5.56 Å². The van der Waals surface area contributed by atoms with Gasteiger partial charge in [0.15, 0.2) is 0 Å². The standard InChI is InChI=1S/C37H45N7O4/c1-25-21-42(31-12-10-26(20-38)34-30(31)7-5-13-39-34)23-29-24-47-33-19-28(11-9-27(33)22-44(25)29)40-15-17-41(18-16-40)35(45)32-8-6-14-43(32)36(46)48-37(2,3)4/h5,7,9-13,19,25,29,32H,6,8,14-18,21-24H2,1-4H3/t25-,29-,32+/m1/s1. The Kier molecular flexibility index (Phi) is 8.54.